The normalized spacial score (nSPS) is 14.8. The Morgan fingerprint density at radius 3 is 2.77 bits per heavy atom. The number of nitriles is 1. The van der Waals surface area contributed by atoms with Crippen molar-refractivity contribution in [3.63, 3.8) is 0 Å². The number of hydrogen-bond acceptors (Lipinski definition) is 6. The molecule has 0 spiro atoms. The Balaban J connectivity index is 2.57. The minimum Gasteiger partial charge on any atom is -0.397 e. The molecule has 0 aromatic heterocycles. The Labute approximate surface area is 127 Å². The van der Waals surface area contributed by atoms with Crippen molar-refractivity contribution >= 4 is 23.3 Å². The highest BCUT2D eigenvalue weighted by Gasteiger charge is 2.16. The zero-order valence-corrected chi connectivity index (χ0v) is 12.1. The van der Waals surface area contributed by atoms with Gasteiger partial charge in [-0.05, 0) is 18.1 Å². The molecule has 0 radical (unpaired) electrons. The van der Waals surface area contributed by atoms with Crippen LogP contribution in [0.1, 0.15) is 18.1 Å². The van der Waals surface area contributed by atoms with Gasteiger partial charge in [0.05, 0.1) is 29.4 Å². The maximum atomic E-state index is 11.0. The van der Waals surface area contributed by atoms with E-state index in [1.807, 2.05) is 13.0 Å². The molecule has 2 N–H and O–H groups in total. The van der Waals surface area contributed by atoms with Gasteiger partial charge < -0.3 is 5.73 Å². The van der Waals surface area contributed by atoms with E-state index in [0.717, 1.165) is 5.56 Å². The first-order valence-electron chi connectivity index (χ1n) is 6.80. The van der Waals surface area contributed by atoms with Crippen molar-refractivity contribution in [1.29, 1.82) is 5.26 Å². The van der Waals surface area contributed by atoms with Crippen molar-refractivity contribution < 1.29 is 4.92 Å². The van der Waals surface area contributed by atoms with Crippen LogP contribution in [0.4, 0.5) is 5.69 Å². The Hall–Kier alpha value is -3.01. The van der Waals surface area contributed by atoms with Crippen molar-refractivity contribution in [2.24, 2.45) is 15.7 Å². The lowest BCUT2D eigenvalue weighted by atomic mass is 10.0. The largest absolute Gasteiger partial charge is 0.397 e. The minimum atomic E-state index is -0.471. The summed E-state index contributed by atoms with van der Waals surface area (Å²) in [5, 5.41) is 20.4. The fourth-order valence-electron chi connectivity index (χ4n) is 2.10. The van der Waals surface area contributed by atoms with Crippen molar-refractivity contribution in [2.45, 2.75) is 13.3 Å². The molecule has 0 fully saturated rings. The molecule has 7 heteroatoms. The van der Waals surface area contributed by atoms with Crippen LogP contribution in [0.15, 0.2) is 33.8 Å². The summed E-state index contributed by atoms with van der Waals surface area (Å²) in [6.45, 7) is 2.98. The summed E-state index contributed by atoms with van der Waals surface area (Å²) in [5.41, 5.74) is 8.02. The Morgan fingerprint density at radius 1 is 1.45 bits per heavy atom. The Kier molecular flexibility index (Phi) is 4.63. The predicted octanol–water partition coefficient (Wildman–Crippen LogP) is 1.88. The smallest absolute Gasteiger partial charge is 0.270 e. The molecule has 1 aromatic rings. The average molecular weight is 297 g/mol. The molecule has 0 aliphatic carbocycles. The van der Waals surface area contributed by atoms with E-state index in [1.54, 1.807) is 6.07 Å². The van der Waals surface area contributed by atoms with Gasteiger partial charge in [0, 0.05) is 23.9 Å². The van der Waals surface area contributed by atoms with Crippen LogP contribution in [0.3, 0.4) is 0 Å². The van der Waals surface area contributed by atoms with E-state index >= 15 is 0 Å². The molecule has 7 nitrogen and oxygen atoms in total. The quantitative estimate of drug-likeness (QED) is 0.518. The second kappa shape index (κ2) is 6.63. The van der Waals surface area contributed by atoms with Gasteiger partial charge in [-0.2, -0.15) is 5.26 Å². The lowest BCUT2D eigenvalue weighted by Crippen LogP contribution is -2.15. The van der Waals surface area contributed by atoms with Gasteiger partial charge in [-0.1, -0.05) is 6.92 Å². The first-order valence-corrected chi connectivity index (χ1v) is 6.80. The molecular formula is C15H15N5O2. The maximum Gasteiger partial charge on any atom is 0.270 e. The molecule has 2 rings (SSSR count). The van der Waals surface area contributed by atoms with Gasteiger partial charge in [-0.15, -0.1) is 0 Å². The number of nitrogens with two attached hydrogens (primary N) is 1. The maximum absolute atomic E-state index is 11.0. The second-order valence-electron chi connectivity index (χ2n) is 4.70. The number of aryl methyl sites for hydroxylation is 1. The van der Waals surface area contributed by atoms with E-state index in [4.69, 9.17) is 5.73 Å². The molecule has 112 valence electrons. The van der Waals surface area contributed by atoms with Crippen molar-refractivity contribution in [1.82, 2.24) is 0 Å². The summed E-state index contributed by atoms with van der Waals surface area (Å²) in [4.78, 5) is 18.9. The van der Waals surface area contributed by atoms with Crippen LogP contribution in [-0.2, 0) is 6.42 Å². The number of non-ortho nitro benzene ring substituents is 1. The van der Waals surface area contributed by atoms with Crippen LogP contribution >= 0.6 is 0 Å². The number of rotatable bonds is 4. The summed E-state index contributed by atoms with van der Waals surface area (Å²) >= 11 is 0. The van der Waals surface area contributed by atoms with Gasteiger partial charge >= 0.3 is 0 Å². The van der Waals surface area contributed by atoms with Crippen molar-refractivity contribution in [2.75, 3.05) is 13.1 Å². The molecule has 0 saturated heterocycles. The highest BCUT2D eigenvalue weighted by Crippen LogP contribution is 2.23. The van der Waals surface area contributed by atoms with Gasteiger partial charge in [0.2, 0.25) is 0 Å². The SMILES string of the molecule is CCc1cc(/C(N)=C(\C#N)C2=NCCN=C2)cc([N+](=O)[O-])c1. The van der Waals surface area contributed by atoms with E-state index < -0.39 is 4.92 Å². The summed E-state index contributed by atoms with van der Waals surface area (Å²) in [6, 6.07) is 6.64. The minimum absolute atomic E-state index is 0.0474. The number of nitro groups is 1. The topological polar surface area (TPSA) is 118 Å². The standard InChI is InChI=1S/C15H15N5O2/c1-2-10-5-11(7-12(6-10)20(21)22)15(17)13(8-16)14-9-18-3-4-19-14/h5-7,9H,2-4,17H2,1H3/b15-13-. The fraction of sp³-hybridized carbons (Fsp3) is 0.267. The van der Waals surface area contributed by atoms with Gasteiger partial charge in [0.1, 0.15) is 11.6 Å². The first kappa shape index (κ1) is 15.4. The van der Waals surface area contributed by atoms with Crippen LogP contribution in [0.5, 0.6) is 0 Å². The number of benzene rings is 1. The molecule has 0 unspecified atom stereocenters. The average Bonchev–Trinajstić information content (AvgIpc) is 2.55. The Morgan fingerprint density at radius 2 is 2.23 bits per heavy atom. The third-order valence-corrected chi connectivity index (χ3v) is 3.27. The fourth-order valence-corrected chi connectivity index (χ4v) is 2.10. The highest BCUT2D eigenvalue weighted by atomic mass is 16.6. The molecule has 0 atom stereocenters. The van der Waals surface area contributed by atoms with Crippen LogP contribution in [0, 0.1) is 21.4 Å². The number of allylic oxidation sites excluding steroid dienone is 1. The molecule has 0 saturated carbocycles. The van der Waals surface area contributed by atoms with E-state index in [0.29, 0.717) is 30.8 Å². The Bertz CT molecular complexity index is 741. The van der Waals surface area contributed by atoms with E-state index in [9.17, 15) is 15.4 Å². The first-order chi connectivity index (χ1) is 10.6. The van der Waals surface area contributed by atoms with Gasteiger partial charge in [0.25, 0.3) is 5.69 Å². The number of nitrogens with zero attached hydrogens (tertiary/aromatic N) is 4. The number of nitro benzene ring substituents is 1. The lowest BCUT2D eigenvalue weighted by Gasteiger charge is -2.10. The summed E-state index contributed by atoms with van der Waals surface area (Å²) in [6.07, 6.45) is 2.14. The second-order valence-corrected chi connectivity index (χ2v) is 4.70. The van der Waals surface area contributed by atoms with E-state index in [-0.39, 0.29) is 17.0 Å². The van der Waals surface area contributed by atoms with Crippen LogP contribution in [0.25, 0.3) is 5.70 Å². The monoisotopic (exact) mass is 297 g/mol. The summed E-state index contributed by atoms with van der Waals surface area (Å²) < 4.78 is 0. The van der Waals surface area contributed by atoms with Crippen LogP contribution in [-0.4, -0.2) is 29.9 Å². The zero-order chi connectivity index (χ0) is 16.1. The van der Waals surface area contributed by atoms with Gasteiger partial charge in [-0.3, -0.25) is 20.1 Å². The molecule has 0 bridgehead atoms. The third-order valence-electron chi connectivity index (χ3n) is 3.27. The van der Waals surface area contributed by atoms with Gasteiger partial charge in [-0.25, -0.2) is 0 Å². The molecule has 1 heterocycles. The number of hydrogen-bond donors (Lipinski definition) is 1. The molecule has 0 amide bonds. The molecule has 22 heavy (non-hydrogen) atoms. The summed E-state index contributed by atoms with van der Waals surface area (Å²) in [7, 11) is 0. The highest BCUT2D eigenvalue weighted by molar-refractivity contribution is 6.41. The van der Waals surface area contributed by atoms with Crippen molar-refractivity contribution in [3.05, 3.63) is 45.0 Å². The summed E-state index contributed by atoms with van der Waals surface area (Å²) in [5.74, 6) is 0. The molecule has 1 aliphatic heterocycles. The third kappa shape index (κ3) is 3.17. The number of aliphatic imine (C=N–C) groups is 2. The lowest BCUT2D eigenvalue weighted by molar-refractivity contribution is -0.384. The zero-order valence-electron chi connectivity index (χ0n) is 12.1. The van der Waals surface area contributed by atoms with Crippen LogP contribution in [0.2, 0.25) is 0 Å². The van der Waals surface area contributed by atoms with E-state index in [2.05, 4.69) is 9.98 Å². The van der Waals surface area contributed by atoms with E-state index in [1.165, 1.54) is 18.3 Å². The molecule has 1 aliphatic rings. The molecule has 1 aromatic carbocycles. The molecular weight excluding hydrogens is 282 g/mol. The predicted molar refractivity (Wildman–Crippen MR) is 84.9 cm³/mol. The van der Waals surface area contributed by atoms with Gasteiger partial charge in [0.15, 0.2) is 0 Å². The van der Waals surface area contributed by atoms with Crippen molar-refractivity contribution in [3.8, 4) is 6.07 Å². The van der Waals surface area contributed by atoms with Crippen LogP contribution < -0.4 is 5.73 Å².